The van der Waals surface area contributed by atoms with E-state index in [1.54, 1.807) is 0 Å². The summed E-state index contributed by atoms with van der Waals surface area (Å²) in [6.45, 7) is 9.39. The molecule has 4 nitrogen and oxygen atoms in total. The van der Waals surface area contributed by atoms with E-state index in [9.17, 15) is 0 Å². The van der Waals surface area contributed by atoms with Crippen LogP contribution in [0.5, 0.6) is 0 Å². The van der Waals surface area contributed by atoms with Gasteiger partial charge in [-0.05, 0) is 64.7 Å². The smallest absolute Gasteiger partial charge is 0.399 e. The Balaban J connectivity index is 1.43. The first-order valence-electron chi connectivity index (χ1n) is 8.22. The van der Waals surface area contributed by atoms with Crippen LogP contribution in [0.4, 0.5) is 0 Å². The summed E-state index contributed by atoms with van der Waals surface area (Å²) in [5, 5.41) is 4.52. The van der Waals surface area contributed by atoms with Gasteiger partial charge in [0.05, 0.1) is 11.2 Å². The minimum atomic E-state index is -0.291. The molecule has 1 saturated heterocycles. The maximum Gasteiger partial charge on any atom is 0.498 e. The normalized spacial score (nSPS) is 36.0. The first-order valence-corrected chi connectivity index (χ1v) is 8.22. The monoisotopic (exact) mass is 288 g/mol. The van der Waals surface area contributed by atoms with Crippen molar-refractivity contribution in [1.29, 1.82) is 0 Å². The zero-order valence-corrected chi connectivity index (χ0v) is 13.5. The highest BCUT2D eigenvalue weighted by Gasteiger charge is 2.52. The van der Waals surface area contributed by atoms with Gasteiger partial charge >= 0.3 is 7.12 Å². The topological polar surface area (TPSA) is 36.3 Å². The second-order valence-corrected chi connectivity index (χ2v) is 8.18. The summed E-state index contributed by atoms with van der Waals surface area (Å²) in [5.41, 5.74) is 0.468. The Morgan fingerprint density at radius 1 is 1.14 bits per heavy atom. The molecule has 5 heteroatoms. The summed E-state index contributed by atoms with van der Waals surface area (Å²) in [6, 6.07) is 0. The molecule has 2 heterocycles. The lowest BCUT2D eigenvalue weighted by atomic mass is 9.82. The largest absolute Gasteiger partial charge is 0.498 e. The Labute approximate surface area is 127 Å². The molecule has 2 saturated carbocycles. The first kappa shape index (κ1) is 13.8. The fraction of sp³-hybridized carbons (Fsp3) is 0.812. The molecule has 0 bridgehead atoms. The van der Waals surface area contributed by atoms with Gasteiger partial charge in [0.15, 0.2) is 0 Å². The van der Waals surface area contributed by atoms with Gasteiger partial charge in [0.25, 0.3) is 0 Å². The Morgan fingerprint density at radius 3 is 2.38 bits per heavy atom. The minimum absolute atomic E-state index is 0.285. The van der Waals surface area contributed by atoms with E-state index in [4.69, 9.17) is 9.31 Å². The third kappa shape index (κ3) is 2.35. The van der Waals surface area contributed by atoms with Crippen molar-refractivity contribution >= 4 is 12.6 Å². The van der Waals surface area contributed by atoms with Crippen molar-refractivity contribution in [2.24, 2.45) is 17.8 Å². The molecule has 114 valence electrons. The highest BCUT2D eigenvalue weighted by molar-refractivity contribution is 6.61. The third-order valence-electron chi connectivity index (χ3n) is 5.97. The zero-order chi connectivity index (χ0) is 14.8. The average Bonchev–Trinajstić information content (AvgIpc) is 2.74. The van der Waals surface area contributed by atoms with Gasteiger partial charge in [-0.3, -0.25) is 4.68 Å². The van der Waals surface area contributed by atoms with Gasteiger partial charge in [-0.25, -0.2) is 0 Å². The second-order valence-electron chi connectivity index (χ2n) is 8.18. The van der Waals surface area contributed by atoms with Crippen LogP contribution in [0.15, 0.2) is 12.4 Å². The fourth-order valence-corrected chi connectivity index (χ4v) is 3.83. The molecule has 2 aliphatic carbocycles. The Kier molecular flexibility index (Phi) is 2.87. The molecule has 0 spiro atoms. The van der Waals surface area contributed by atoms with Gasteiger partial charge in [0, 0.05) is 24.4 Å². The molecule has 1 aromatic heterocycles. The van der Waals surface area contributed by atoms with Crippen LogP contribution >= 0.6 is 0 Å². The second kappa shape index (κ2) is 4.36. The summed E-state index contributed by atoms with van der Waals surface area (Å²) in [4.78, 5) is 0. The predicted octanol–water partition coefficient (Wildman–Crippen LogP) is 2.23. The van der Waals surface area contributed by atoms with Gasteiger partial charge in [0.1, 0.15) is 0 Å². The SMILES string of the molecule is CC1(C)OB(c2cnn(CC3CC4CC4C3)c2)OC1(C)C. The molecule has 3 aliphatic rings. The van der Waals surface area contributed by atoms with Crippen molar-refractivity contribution in [2.75, 3.05) is 0 Å². The summed E-state index contributed by atoms with van der Waals surface area (Å²) < 4.78 is 14.2. The number of hydrogen-bond donors (Lipinski definition) is 0. The lowest BCUT2D eigenvalue weighted by Crippen LogP contribution is -2.41. The van der Waals surface area contributed by atoms with E-state index in [1.165, 1.54) is 19.3 Å². The van der Waals surface area contributed by atoms with Crippen LogP contribution in [0.25, 0.3) is 0 Å². The van der Waals surface area contributed by atoms with Crippen LogP contribution in [-0.2, 0) is 15.9 Å². The van der Waals surface area contributed by atoms with E-state index in [-0.39, 0.29) is 18.3 Å². The van der Waals surface area contributed by atoms with Gasteiger partial charge in [-0.1, -0.05) is 0 Å². The third-order valence-corrected chi connectivity index (χ3v) is 5.97. The van der Waals surface area contributed by atoms with Crippen molar-refractivity contribution in [2.45, 2.75) is 64.7 Å². The van der Waals surface area contributed by atoms with Crippen molar-refractivity contribution in [3.05, 3.63) is 12.4 Å². The summed E-state index contributed by atoms with van der Waals surface area (Å²) in [6.07, 6.45) is 8.28. The molecule has 2 atom stereocenters. The highest BCUT2D eigenvalue weighted by Crippen LogP contribution is 2.54. The van der Waals surface area contributed by atoms with E-state index < -0.39 is 0 Å². The van der Waals surface area contributed by atoms with E-state index in [0.29, 0.717) is 0 Å². The van der Waals surface area contributed by atoms with E-state index in [1.807, 2.05) is 6.20 Å². The van der Waals surface area contributed by atoms with Gasteiger partial charge in [-0.15, -0.1) is 0 Å². The highest BCUT2D eigenvalue weighted by atomic mass is 16.7. The van der Waals surface area contributed by atoms with Crippen molar-refractivity contribution < 1.29 is 9.31 Å². The van der Waals surface area contributed by atoms with Crippen molar-refractivity contribution in [3.63, 3.8) is 0 Å². The average molecular weight is 288 g/mol. The summed E-state index contributed by atoms with van der Waals surface area (Å²) >= 11 is 0. The number of rotatable bonds is 3. The van der Waals surface area contributed by atoms with Crippen LogP contribution in [-0.4, -0.2) is 28.1 Å². The molecular formula is C16H25BN2O2. The maximum atomic E-state index is 6.08. The zero-order valence-electron chi connectivity index (χ0n) is 13.5. The molecule has 4 rings (SSSR count). The minimum Gasteiger partial charge on any atom is -0.399 e. The van der Waals surface area contributed by atoms with E-state index in [2.05, 4.69) is 43.7 Å². The quantitative estimate of drug-likeness (QED) is 0.800. The predicted molar refractivity (Wildman–Crippen MR) is 82.3 cm³/mol. The summed E-state index contributed by atoms with van der Waals surface area (Å²) in [7, 11) is -0.291. The molecule has 21 heavy (non-hydrogen) atoms. The van der Waals surface area contributed by atoms with Gasteiger partial charge < -0.3 is 9.31 Å². The molecule has 2 unspecified atom stereocenters. The fourth-order valence-electron chi connectivity index (χ4n) is 3.83. The Morgan fingerprint density at radius 2 is 1.76 bits per heavy atom. The molecule has 3 fully saturated rings. The van der Waals surface area contributed by atoms with Crippen molar-refractivity contribution in [3.8, 4) is 0 Å². The van der Waals surface area contributed by atoms with Crippen LogP contribution in [0.1, 0.15) is 47.0 Å². The Hall–Kier alpha value is -0.805. The number of nitrogens with zero attached hydrogens (tertiary/aromatic N) is 2. The van der Waals surface area contributed by atoms with Crippen LogP contribution < -0.4 is 5.46 Å². The molecule has 1 aliphatic heterocycles. The van der Waals surface area contributed by atoms with Crippen LogP contribution in [0.2, 0.25) is 0 Å². The Bertz CT molecular complexity index is 528. The van der Waals surface area contributed by atoms with E-state index >= 15 is 0 Å². The maximum absolute atomic E-state index is 6.08. The van der Waals surface area contributed by atoms with Crippen LogP contribution in [0, 0.1) is 17.8 Å². The van der Waals surface area contributed by atoms with E-state index in [0.717, 1.165) is 29.8 Å². The standard InChI is InChI=1S/C16H25BN2O2/c1-15(2)16(3,4)21-17(20-15)14-8-18-19(10-14)9-11-5-12-7-13(12)6-11/h8,10-13H,5-7,9H2,1-4H3. The molecule has 0 aromatic carbocycles. The molecular weight excluding hydrogens is 263 g/mol. The first-order chi connectivity index (χ1) is 9.84. The lowest BCUT2D eigenvalue weighted by Gasteiger charge is -2.32. The molecule has 1 aromatic rings. The van der Waals surface area contributed by atoms with Crippen molar-refractivity contribution in [1.82, 2.24) is 9.78 Å². The van der Waals surface area contributed by atoms with Gasteiger partial charge in [-0.2, -0.15) is 5.10 Å². The molecule has 0 amide bonds. The lowest BCUT2D eigenvalue weighted by molar-refractivity contribution is 0.00578. The number of hydrogen-bond acceptors (Lipinski definition) is 3. The molecule has 0 N–H and O–H groups in total. The van der Waals surface area contributed by atoms with Gasteiger partial charge in [0.2, 0.25) is 0 Å². The summed E-state index contributed by atoms with van der Waals surface area (Å²) in [5.74, 6) is 2.89. The number of aromatic nitrogens is 2. The molecule has 0 radical (unpaired) electrons. The van der Waals surface area contributed by atoms with Crippen LogP contribution in [0.3, 0.4) is 0 Å². The number of fused-ring (bicyclic) bond motifs is 1.